The van der Waals surface area contributed by atoms with Crippen LogP contribution in [0.15, 0.2) is 0 Å². The molecule has 3 nitrogen and oxygen atoms in total. The van der Waals surface area contributed by atoms with Crippen molar-refractivity contribution in [2.75, 3.05) is 0 Å². The van der Waals surface area contributed by atoms with Crippen molar-refractivity contribution in [2.24, 2.45) is 24.8 Å². The predicted octanol–water partition coefficient (Wildman–Crippen LogP) is 3.14. The molecule has 1 aromatic rings. The van der Waals surface area contributed by atoms with Crippen molar-refractivity contribution in [2.45, 2.75) is 53.1 Å². The second-order valence-corrected chi connectivity index (χ2v) is 6.33. The average molecular weight is 250 g/mol. The Morgan fingerprint density at radius 1 is 1.17 bits per heavy atom. The molecule has 18 heavy (non-hydrogen) atoms. The Bertz CT molecular complexity index is 414. The Morgan fingerprint density at radius 2 is 1.72 bits per heavy atom. The minimum Gasteiger partial charge on any atom is -0.388 e. The number of aromatic nitrogens is 2. The lowest BCUT2D eigenvalue weighted by molar-refractivity contribution is 0.0542. The minimum absolute atomic E-state index is 0.344. The molecule has 0 amide bonds. The molecule has 1 aromatic heterocycles. The zero-order chi connectivity index (χ0) is 13.4. The number of aryl methyl sites for hydroxylation is 2. The van der Waals surface area contributed by atoms with Crippen LogP contribution in [0.2, 0.25) is 0 Å². The fourth-order valence-electron chi connectivity index (χ4n) is 3.72. The van der Waals surface area contributed by atoms with E-state index in [0.29, 0.717) is 5.92 Å². The lowest BCUT2D eigenvalue weighted by Gasteiger charge is -2.34. The van der Waals surface area contributed by atoms with E-state index in [4.69, 9.17) is 0 Å². The average Bonchev–Trinajstić information content (AvgIpc) is 2.51. The molecule has 1 aliphatic carbocycles. The molecule has 1 fully saturated rings. The molecule has 1 N–H and O–H groups in total. The summed E-state index contributed by atoms with van der Waals surface area (Å²) >= 11 is 0. The van der Waals surface area contributed by atoms with E-state index < -0.39 is 0 Å². The summed E-state index contributed by atoms with van der Waals surface area (Å²) in [6.45, 7) is 8.66. The van der Waals surface area contributed by atoms with Gasteiger partial charge in [-0.15, -0.1) is 0 Å². The summed E-state index contributed by atoms with van der Waals surface area (Å²) in [7, 11) is 1.95. The van der Waals surface area contributed by atoms with Gasteiger partial charge < -0.3 is 5.11 Å². The summed E-state index contributed by atoms with van der Waals surface area (Å²) in [5.74, 6) is 1.85. The van der Waals surface area contributed by atoms with E-state index in [1.807, 2.05) is 25.6 Å². The van der Waals surface area contributed by atoms with E-state index in [1.54, 1.807) is 0 Å². The first kappa shape index (κ1) is 13.6. The highest BCUT2D eigenvalue weighted by Gasteiger charge is 2.32. The molecule has 3 atom stereocenters. The van der Waals surface area contributed by atoms with Gasteiger partial charge in [-0.05, 0) is 50.9 Å². The van der Waals surface area contributed by atoms with Crippen LogP contribution in [-0.2, 0) is 7.05 Å². The number of aliphatic hydroxyl groups excluding tert-OH is 1. The Kier molecular flexibility index (Phi) is 3.81. The van der Waals surface area contributed by atoms with Crippen LogP contribution in [0.5, 0.6) is 0 Å². The molecule has 3 heteroatoms. The number of hydrogen-bond acceptors (Lipinski definition) is 2. The molecule has 0 aromatic carbocycles. The van der Waals surface area contributed by atoms with Gasteiger partial charge >= 0.3 is 0 Å². The van der Waals surface area contributed by atoms with Gasteiger partial charge in [0.05, 0.1) is 11.8 Å². The molecular formula is C15H26N2O. The van der Waals surface area contributed by atoms with Gasteiger partial charge in [0.15, 0.2) is 0 Å². The van der Waals surface area contributed by atoms with Crippen molar-refractivity contribution in [3.63, 3.8) is 0 Å². The van der Waals surface area contributed by atoms with Gasteiger partial charge in [0.1, 0.15) is 0 Å². The van der Waals surface area contributed by atoms with E-state index in [2.05, 4.69) is 18.9 Å². The number of nitrogens with zero attached hydrogens (tertiary/aromatic N) is 2. The quantitative estimate of drug-likeness (QED) is 0.875. The zero-order valence-corrected chi connectivity index (χ0v) is 12.3. The third-order valence-electron chi connectivity index (χ3n) is 4.52. The number of hydrogen-bond donors (Lipinski definition) is 1. The summed E-state index contributed by atoms with van der Waals surface area (Å²) in [6.07, 6.45) is 3.23. The van der Waals surface area contributed by atoms with Crippen molar-refractivity contribution >= 4 is 0 Å². The predicted molar refractivity (Wildman–Crippen MR) is 73.3 cm³/mol. The van der Waals surface area contributed by atoms with Crippen molar-refractivity contribution in [1.82, 2.24) is 9.78 Å². The normalized spacial score (nSPS) is 30.4. The van der Waals surface area contributed by atoms with E-state index in [0.717, 1.165) is 41.6 Å². The van der Waals surface area contributed by atoms with Gasteiger partial charge in [-0.2, -0.15) is 5.10 Å². The molecule has 0 aliphatic heterocycles. The fraction of sp³-hybridized carbons (Fsp3) is 0.800. The Hall–Kier alpha value is -0.830. The van der Waals surface area contributed by atoms with E-state index in [1.165, 1.54) is 6.42 Å². The van der Waals surface area contributed by atoms with Gasteiger partial charge in [0.2, 0.25) is 0 Å². The Balaban J connectivity index is 2.22. The lowest BCUT2D eigenvalue weighted by Crippen LogP contribution is -2.25. The Morgan fingerprint density at radius 3 is 2.17 bits per heavy atom. The minimum atomic E-state index is -0.344. The first-order valence-corrected chi connectivity index (χ1v) is 7.08. The van der Waals surface area contributed by atoms with Crippen LogP contribution in [0, 0.1) is 31.6 Å². The first-order chi connectivity index (χ1) is 8.40. The monoisotopic (exact) mass is 250 g/mol. The highest BCUT2D eigenvalue weighted by molar-refractivity contribution is 5.27. The molecule has 1 aliphatic rings. The fourth-order valence-corrected chi connectivity index (χ4v) is 3.72. The molecule has 2 rings (SSSR count). The van der Waals surface area contributed by atoms with Crippen LogP contribution in [0.4, 0.5) is 0 Å². The van der Waals surface area contributed by atoms with Gasteiger partial charge in [-0.25, -0.2) is 0 Å². The maximum absolute atomic E-state index is 10.7. The molecule has 0 radical (unpaired) electrons. The van der Waals surface area contributed by atoms with Crippen LogP contribution in [-0.4, -0.2) is 14.9 Å². The third-order valence-corrected chi connectivity index (χ3v) is 4.52. The van der Waals surface area contributed by atoms with Crippen LogP contribution in [0.25, 0.3) is 0 Å². The number of aliphatic hydroxyl groups is 1. The number of rotatable bonds is 2. The summed E-state index contributed by atoms with van der Waals surface area (Å²) in [4.78, 5) is 0. The van der Waals surface area contributed by atoms with Gasteiger partial charge in [-0.1, -0.05) is 13.8 Å². The van der Waals surface area contributed by atoms with Crippen molar-refractivity contribution < 1.29 is 5.11 Å². The molecule has 1 saturated carbocycles. The molecule has 1 heterocycles. The van der Waals surface area contributed by atoms with Crippen molar-refractivity contribution in [3.05, 3.63) is 17.0 Å². The standard InChI is InChI=1S/C15H26N2O/c1-9-6-10(2)8-13(7-9)15(18)14-11(3)16-17(5)12(14)4/h9-10,13,15,18H,6-8H2,1-5H3. The molecule has 102 valence electrons. The SMILES string of the molecule is Cc1nn(C)c(C)c1C(O)C1CC(C)CC(C)C1. The smallest absolute Gasteiger partial charge is 0.0854 e. The van der Waals surface area contributed by atoms with Gasteiger partial charge in [0, 0.05) is 18.3 Å². The molecule has 0 spiro atoms. The molecule has 0 saturated heterocycles. The van der Waals surface area contributed by atoms with E-state index >= 15 is 0 Å². The molecule has 0 bridgehead atoms. The summed E-state index contributed by atoms with van der Waals surface area (Å²) in [6, 6.07) is 0. The van der Waals surface area contributed by atoms with Crippen LogP contribution in [0.1, 0.15) is 56.2 Å². The molecular weight excluding hydrogens is 224 g/mol. The first-order valence-electron chi connectivity index (χ1n) is 7.08. The van der Waals surface area contributed by atoms with Gasteiger partial charge in [-0.3, -0.25) is 4.68 Å². The van der Waals surface area contributed by atoms with E-state index in [-0.39, 0.29) is 6.10 Å². The topological polar surface area (TPSA) is 38.0 Å². The molecule has 3 unspecified atom stereocenters. The Labute approximate surface area is 110 Å². The van der Waals surface area contributed by atoms with E-state index in [9.17, 15) is 5.11 Å². The summed E-state index contributed by atoms with van der Waals surface area (Å²) in [5, 5.41) is 15.1. The third kappa shape index (κ3) is 2.46. The largest absolute Gasteiger partial charge is 0.388 e. The summed E-state index contributed by atoms with van der Waals surface area (Å²) < 4.78 is 1.88. The van der Waals surface area contributed by atoms with Crippen molar-refractivity contribution in [1.29, 1.82) is 0 Å². The zero-order valence-electron chi connectivity index (χ0n) is 12.3. The summed E-state index contributed by atoms with van der Waals surface area (Å²) in [5.41, 5.74) is 3.14. The lowest BCUT2D eigenvalue weighted by atomic mass is 9.73. The maximum Gasteiger partial charge on any atom is 0.0854 e. The van der Waals surface area contributed by atoms with Gasteiger partial charge in [0.25, 0.3) is 0 Å². The van der Waals surface area contributed by atoms with Crippen molar-refractivity contribution in [3.8, 4) is 0 Å². The highest BCUT2D eigenvalue weighted by Crippen LogP contribution is 2.41. The second-order valence-electron chi connectivity index (χ2n) is 6.33. The van der Waals surface area contributed by atoms with Crippen LogP contribution < -0.4 is 0 Å². The highest BCUT2D eigenvalue weighted by atomic mass is 16.3. The maximum atomic E-state index is 10.7. The second kappa shape index (κ2) is 5.04. The van der Waals surface area contributed by atoms with Crippen LogP contribution >= 0.6 is 0 Å². The van der Waals surface area contributed by atoms with Crippen LogP contribution in [0.3, 0.4) is 0 Å².